The van der Waals surface area contributed by atoms with Gasteiger partial charge in [0, 0.05) is 31.4 Å². The van der Waals surface area contributed by atoms with Gasteiger partial charge in [0.2, 0.25) is 0 Å². The standard InChI is InChI=1S/C20H21N3O5/c1-20(2)11-17(24)14-10-13(6-8-18(14)28-20)21-19(25)12-5-7-15(22(3)4)16(9-12)23(26)27/h5-10H,11H2,1-4H3,(H,21,25). The Hall–Kier alpha value is -3.42. The van der Waals surface area contributed by atoms with E-state index in [1.807, 2.05) is 13.8 Å². The van der Waals surface area contributed by atoms with Crippen molar-refractivity contribution in [3.63, 3.8) is 0 Å². The largest absolute Gasteiger partial charge is 0.487 e. The van der Waals surface area contributed by atoms with Crippen LogP contribution >= 0.6 is 0 Å². The Balaban J connectivity index is 1.86. The molecule has 0 radical (unpaired) electrons. The molecule has 1 heterocycles. The molecule has 28 heavy (non-hydrogen) atoms. The summed E-state index contributed by atoms with van der Waals surface area (Å²) >= 11 is 0. The van der Waals surface area contributed by atoms with E-state index in [4.69, 9.17) is 4.74 Å². The van der Waals surface area contributed by atoms with E-state index >= 15 is 0 Å². The lowest BCUT2D eigenvalue weighted by atomic mass is 9.93. The van der Waals surface area contributed by atoms with E-state index in [-0.39, 0.29) is 23.5 Å². The number of carbonyl (C=O) groups is 2. The first-order chi connectivity index (χ1) is 13.1. The van der Waals surface area contributed by atoms with Crippen LogP contribution in [0, 0.1) is 10.1 Å². The first kappa shape index (κ1) is 19.3. The van der Waals surface area contributed by atoms with Crippen LogP contribution in [0.4, 0.5) is 17.1 Å². The summed E-state index contributed by atoms with van der Waals surface area (Å²) in [5.41, 5.74) is 0.654. The normalized spacial score (nSPS) is 14.6. The SMILES string of the molecule is CN(C)c1ccc(C(=O)Nc2ccc3c(c2)C(=O)CC(C)(C)O3)cc1[N+](=O)[O-]. The van der Waals surface area contributed by atoms with Crippen LogP contribution in [-0.2, 0) is 0 Å². The van der Waals surface area contributed by atoms with E-state index in [9.17, 15) is 19.7 Å². The Morgan fingerprint density at radius 3 is 2.57 bits per heavy atom. The number of nitrogens with one attached hydrogen (secondary N) is 1. The van der Waals surface area contributed by atoms with Crippen molar-refractivity contribution in [2.45, 2.75) is 25.9 Å². The molecular formula is C20H21N3O5. The van der Waals surface area contributed by atoms with Crippen LogP contribution in [0.3, 0.4) is 0 Å². The van der Waals surface area contributed by atoms with Crippen molar-refractivity contribution < 1.29 is 19.2 Å². The number of rotatable bonds is 4. The summed E-state index contributed by atoms with van der Waals surface area (Å²) in [7, 11) is 3.38. The van der Waals surface area contributed by atoms with Crippen molar-refractivity contribution in [2.24, 2.45) is 0 Å². The number of carbonyl (C=O) groups excluding carboxylic acids is 2. The minimum Gasteiger partial charge on any atom is -0.487 e. The topological polar surface area (TPSA) is 102 Å². The van der Waals surface area contributed by atoms with E-state index in [1.54, 1.807) is 37.2 Å². The van der Waals surface area contributed by atoms with E-state index < -0.39 is 16.4 Å². The fourth-order valence-electron chi connectivity index (χ4n) is 3.12. The van der Waals surface area contributed by atoms with Gasteiger partial charge in [-0.3, -0.25) is 19.7 Å². The summed E-state index contributed by atoms with van der Waals surface area (Å²) in [4.78, 5) is 37.3. The van der Waals surface area contributed by atoms with Gasteiger partial charge >= 0.3 is 0 Å². The molecule has 1 N–H and O–H groups in total. The maximum Gasteiger partial charge on any atom is 0.293 e. The summed E-state index contributed by atoms with van der Waals surface area (Å²) in [5, 5.41) is 14.0. The Morgan fingerprint density at radius 1 is 1.21 bits per heavy atom. The second-order valence-corrected chi connectivity index (χ2v) is 7.48. The van der Waals surface area contributed by atoms with Gasteiger partial charge in [0.05, 0.1) is 16.9 Å². The van der Waals surface area contributed by atoms with Crippen molar-refractivity contribution in [1.82, 2.24) is 0 Å². The molecule has 2 aromatic carbocycles. The van der Waals surface area contributed by atoms with Crippen molar-refractivity contribution in [2.75, 3.05) is 24.3 Å². The van der Waals surface area contributed by atoms with Gasteiger partial charge in [-0.2, -0.15) is 0 Å². The number of ether oxygens (including phenoxy) is 1. The first-order valence-electron chi connectivity index (χ1n) is 8.71. The van der Waals surface area contributed by atoms with Crippen LogP contribution in [0.15, 0.2) is 36.4 Å². The van der Waals surface area contributed by atoms with Crippen LogP contribution in [0.1, 0.15) is 41.0 Å². The molecule has 0 bridgehead atoms. The van der Waals surface area contributed by atoms with Crippen molar-refractivity contribution >= 4 is 28.8 Å². The molecule has 0 aromatic heterocycles. The van der Waals surface area contributed by atoms with Gasteiger partial charge in [-0.05, 0) is 44.2 Å². The Kier molecular flexibility index (Phi) is 4.80. The molecule has 0 saturated carbocycles. The van der Waals surface area contributed by atoms with E-state index in [0.29, 0.717) is 22.7 Å². The second kappa shape index (κ2) is 6.95. The zero-order valence-corrected chi connectivity index (χ0v) is 16.1. The van der Waals surface area contributed by atoms with Crippen LogP contribution in [0.2, 0.25) is 0 Å². The van der Waals surface area contributed by atoms with Gasteiger partial charge in [0.15, 0.2) is 5.78 Å². The summed E-state index contributed by atoms with van der Waals surface area (Å²) in [5.74, 6) is -0.0867. The number of amides is 1. The fourth-order valence-corrected chi connectivity index (χ4v) is 3.12. The third kappa shape index (κ3) is 3.80. The van der Waals surface area contributed by atoms with E-state index in [1.165, 1.54) is 18.2 Å². The molecule has 8 heteroatoms. The number of anilines is 2. The average Bonchev–Trinajstić information content (AvgIpc) is 2.60. The number of hydrogen-bond donors (Lipinski definition) is 1. The third-order valence-corrected chi connectivity index (χ3v) is 4.43. The fraction of sp³-hybridized carbons (Fsp3) is 0.300. The van der Waals surface area contributed by atoms with Gasteiger partial charge in [0.1, 0.15) is 17.0 Å². The van der Waals surface area contributed by atoms with Gasteiger partial charge in [0.25, 0.3) is 11.6 Å². The van der Waals surface area contributed by atoms with Crippen LogP contribution in [0.25, 0.3) is 0 Å². The van der Waals surface area contributed by atoms with E-state index in [0.717, 1.165) is 0 Å². The molecule has 1 aliphatic heterocycles. The second-order valence-electron chi connectivity index (χ2n) is 7.48. The average molecular weight is 383 g/mol. The Morgan fingerprint density at radius 2 is 1.93 bits per heavy atom. The number of benzene rings is 2. The number of fused-ring (bicyclic) bond motifs is 1. The lowest BCUT2D eigenvalue weighted by molar-refractivity contribution is -0.384. The molecule has 0 fully saturated rings. The molecule has 0 spiro atoms. The molecular weight excluding hydrogens is 362 g/mol. The van der Waals surface area contributed by atoms with Crippen molar-refractivity contribution in [1.29, 1.82) is 0 Å². The third-order valence-electron chi connectivity index (χ3n) is 4.43. The molecule has 2 aromatic rings. The number of nitro benzene ring substituents is 1. The van der Waals surface area contributed by atoms with Gasteiger partial charge in [-0.15, -0.1) is 0 Å². The number of nitrogens with zero attached hydrogens (tertiary/aromatic N) is 2. The zero-order chi connectivity index (χ0) is 20.6. The lowest BCUT2D eigenvalue weighted by Crippen LogP contribution is -2.35. The highest BCUT2D eigenvalue weighted by molar-refractivity contribution is 6.07. The highest BCUT2D eigenvalue weighted by atomic mass is 16.6. The Bertz CT molecular complexity index is 982. The van der Waals surface area contributed by atoms with Gasteiger partial charge < -0.3 is 15.0 Å². The van der Waals surface area contributed by atoms with Crippen molar-refractivity contribution in [3.8, 4) is 5.75 Å². The number of hydrogen-bond acceptors (Lipinski definition) is 6. The monoisotopic (exact) mass is 383 g/mol. The molecule has 8 nitrogen and oxygen atoms in total. The highest BCUT2D eigenvalue weighted by Gasteiger charge is 2.32. The molecule has 1 aliphatic rings. The molecule has 0 atom stereocenters. The molecule has 0 aliphatic carbocycles. The zero-order valence-electron chi connectivity index (χ0n) is 16.1. The number of Topliss-reactive ketones (excluding diaryl/α,β-unsaturated/α-hetero) is 1. The molecule has 0 saturated heterocycles. The molecule has 0 unspecified atom stereocenters. The quantitative estimate of drug-likeness (QED) is 0.639. The Labute approximate surface area is 162 Å². The summed E-state index contributed by atoms with van der Waals surface area (Å²) in [6, 6.07) is 9.12. The maximum absolute atomic E-state index is 12.6. The molecule has 3 rings (SSSR count). The predicted octanol–water partition coefficient (Wildman–Crippen LogP) is 3.66. The van der Waals surface area contributed by atoms with Crippen LogP contribution in [-0.4, -0.2) is 36.3 Å². The van der Waals surface area contributed by atoms with Crippen molar-refractivity contribution in [3.05, 3.63) is 57.6 Å². The summed E-state index contributed by atoms with van der Waals surface area (Å²) in [6.45, 7) is 3.68. The maximum atomic E-state index is 12.6. The lowest BCUT2D eigenvalue weighted by Gasteiger charge is -2.31. The first-order valence-corrected chi connectivity index (χ1v) is 8.71. The highest BCUT2D eigenvalue weighted by Crippen LogP contribution is 2.35. The van der Waals surface area contributed by atoms with Gasteiger partial charge in [-0.25, -0.2) is 0 Å². The van der Waals surface area contributed by atoms with Crippen LogP contribution < -0.4 is 15.0 Å². The minimum atomic E-state index is -0.567. The molecule has 1 amide bonds. The smallest absolute Gasteiger partial charge is 0.293 e. The predicted molar refractivity (Wildman–Crippen MR) is 105 cm³/mol. The van der Waals surface area contributed by atoms with E-state index in [2.05, 4.69) is 5.32 Å². The summed E-state index contributed by atoms with van der Waals surface area (Å²) in [6.07, 6.45) is 0.246. The number of ketones is 1. The molecule has 146 valence electrons. The number of nitro groups is 1. The summed E-state index contributed by atoms with van der Waals surface area (Å²) < 4.78 is 5.80. The van der Waals surface area contributed by atoms with Crippen LogP contribution in [0.5, 0.6) is 5.75 Å². The van der Waals surface area contributed by atoms with Gasteiger partial charge in [-0.1, -0.05) is 0 Å². The minimum absolute atomic E-state index is 0.0617.